The standard InChI is InChI=1S/C9H6ClNO2S/c10-7-3-14-8-5(7)1-4(11)2-6(8)9(12)13/h1-3H,11H2,(H,12,13). The Hall–Kier alpha value is -1.26. The predicted molar refractivity (Wildman–Crippen MR) is 58.2 cm³/mol. The Labute approximate surface area is 88.7 Å². The number of anilines is 1. The van der Waals surface area contributed by atoms with Crippen molar-refractivity contribution < 1.29 is 9.90 Å². The molecule has 1 aromatic carbocycles. The molecule has 0 atom stereocenters. The number of carboxylic acid groups (broad SMARTS) is 1. The van der Waals surface area contributed by atoms with Crippen LogP contribution < -0.4 is 5.73 Å². The molecule has 0 fully saturated rings. The van der Waals surface area contributed by atoms with Crippen molar-refractivity contribution in [1.29, 1.82) is 0 Å². The smallest absolute Gasteiger partial charge is 0.337 e. The zero-order valence-corrected chi connectivity index (χ0v) is 8.52. The van der Waals surface area contributed by atoms with Gasteiger partial charge in [0.2, 0.25) is 0 Å². The second-order valence-corrected chi connectivity index (χ2v) is 4.12. The van der Waals surface area contributed by atoms with Crippen LogP contribution >= 0.6 is 22.9 Å². The zero-order valence-electron chi connectivity index (χ0n) is 6.95. The highest BCUT2D eigenvalue weighted by atomic mass is 35.5. The normalized spacial score (nSPS) is 10.6. The van der Waals surface area contributed by atoms with Gasteiger partial charge in [-0.05, 0) is 12.1 Å². The lowest BCUT2D eigenvalue weighted by Crippen LogP contribution is -1.97. The molecule has 0 amide bonds. The first-order valence-corrected chi connectivity index (χ1v) is 5.05. The van der Waals surface area contributed by atoms with Crippen LogP contribution in [-0.2, 0) is 0 Å². The van der Waals surface area contributed by atoms with Crippen LogP contribution in [0.1, 0.15) is 10.4 Å². The molecule has 0 unspecified atom stereocenters. The van der Waals surface area contributed by atoms with E-state index in [1.54, 1.807) is 11.4 Å². The third kappa shape index (κ3) is 1.32. The van der Waals surface area contributed by atoms with Gasteiger partial charge in [0.25, 0.3) is 0 Å². The quantitative estimate of drug-likeness (QED) is 0.737. The molecule has 3 nitrogen and oxygen atoms in total. The average molecular weight is 228 g/mol. The summed E-state index contributed by atoms with van der Waals surface area (Å²) >= 11 is 7.19. The minimum Gasteiger partial charge on any atom is -0.478 e. The number of carbonyl (C=O) groups is 1. The van der Waals surface area contributed by atoms with Crippen molar-refractivity contribution in [2.24, 2.45) is 0 Å². The lowest BCUT2D eigenvalue weighted by Gasteiger charge is -1.99. The summed E-state index contributed by atoms with van der Waals surface area (Å²) in [6, 6.07) is 3.12. The van der Waals surface area contributed by atoms with Crippen molar-refractivity contribution in [3.05, 3.63) is 28.1 Å². The van der Waals surface area contributed by atoms with E-state index in [0.29, 0.717) is 20.8 Å². The third-order valence-corrected chi connectivity index (χ3v) is 3.35. The van der Waals surface area contributed by atoms with Gasteiger partial charge in [-0.1, -0.05) is 11.6 Å². The zero-order chi connectivity index (χ0) is 10.3. The molecule has 1 aromatic heterocycles. The Kier molecular flexibility index (Phi) is 2.09. The number of hydrogen-bond acceptors (Lipinski definition) is 3. The van der Waals surface area contributed by atoms with Crippen molar-refractivity contribution in [1.82, 2.24) is 0 Å². The van der Waals surface area contributed by atoms with Gasteiger partial charge < -0.3 is 10.8 Å². The monoisotopic (exact) mass is 227 g/mol. The maximum Gasteiger partial charge on any atom is 0.337 e. The number of aromatic carboxylic acids is 1. The fourth-order valence-corrected chi connectivity index (χ4v) is 2.54. The second-order valence-electron chi connectivity index (χ2n) is 2.83. The van der Waals surface area contributed by atoms with Gasteiger partial charge in [-0.2, -0.15) is 0 Å². The number of rotatable bonds is 1. The molecule has 1 heterocycles. The van der Waals surface area contributed by atoms with E-state index in [9.17, 15) is 4.79 Å². The van der Waals surface area contributed by atoms with Gasteiger partial charge in [-0.15, -0.1) is 11.3 Å². The van der Waals surface area contributed by atoms with E-state index in [1.165, 1.54) is 17.4 Å². The molecule has 0 saturated heterocycles. The van der Waals surface area contributed by atoms with Gasteiger partial charge >= 0.3 is 5.97 Å². The number of hydrogen-bond donors (Lipinski definition) is 2. The molecule has 0 radical (unpaired) electrons. The van der Waals surface area contributed by atoms with Crippen LogP contribution in [0.3, 0.4) is 0 Å². The molecule has 0 aliphatic rings. The molecule has 0 aliphatic heterocycles. The number of carboxylic acids is 1. The van der Waals surface area contributed by atoms with E-state index < -0.39 is 5.97 Å². The summed E-state index contributed by atoms with van der Waals surface area (Å²) in [4.78, 5) is 10.9. The Morgan fingerprint density at radius 1 is 1.50 bits per heavy atom. The summed E-state index contributed by atoms with van der Waals surface area (Å²) < 4.78 is 0.664. The van der Waals surface area contributed by atoms with Gasteiger partial charge in [-0.25, -0.2) is 4.79 Å². The SMILES string of the molecule is Nc1cc(C(=O)O)c2scc(Cl)c2c1. The lowest BCUT2D eigenvalue weighted by molar-refractivity contribution is 0.0699. The largest absolute Gasteiger partial charge is 0.478 e. The summed E-state index contributed by atoms with van der Waals surface area (Å²) in [6.07, 6.45) is 0. The predicted octanol–water partition coefficient (Wildman–Crippen LogP) is 2.84. The molecular formula is C9H6ClNO2S. The van der Waals surface area contributed by atoms with E-state index in [0.717, 1.165) is 0 Å². The van der Waals surface area contributed by atoms with Gasteiger partial charge in [0.05, 0.1) is 15.3 Å². The second kappa shape index (κ2) is 3.15. The van der Waals surface area contributed by atoms with Crippen LogP contribution in [0.15, 0.2) is 17.5 Å². The van der Waals surface area contributed by atoms with E-state index in [2.05, 4.69) is 0 Å². The molecular weight excluding hydrogens is 222 g/mol. The van der Waals surface area contributed by atoms with E-state index >= 15 is 0 Å². The van der Waals surface area contributed by atoms with Crippen LogP contribution in [0, 0.1) is 0 Å². The Morgan fingerprint density at radius 2 is 2.21 bits per heavy atom. The minimum atomic E-state index is -0.985. The van der Waals surface area contributed by atoms with Crippen LogP contribution in [0.25, 0.3) is 10.1 Å². The molecule has 2 aromatic rings. The topological polar surface area (TPSA) is 63.3 Å². The summed E-state index contributed by atoms with van der Waals surface area (Å²) in [5.41, 5.74) is 6.19. The van der Waals surface area contributed by atoms with Gasteiger partial charge in [0, 0.05) is 16.5 Å². The number of benzene rings is 1. The van der Waals surface area contributed by atoms with Crippen molar-refractivity contribution in [2.75, 3.05) is 5.73 Å². The molecule has 0 saturated carbocycles. The molecule has 0 bridgehead atoms. The molecule has 3 N–H and O–H groups in total. The van der Waals surface area contributed by atoms with Crippen LogP contribution in [0.4, 0.5) is 5.69 Å². The van der Waals surface area contributed by atoms with Gasteiger partial charge in [0.1, 0.15) is 0 Å². The van der Waals surface area contributed by atoms with Gasteiger partial charge in [0.15, 0.2) is 0 Å². The fourth-order valence-electron chi connectivity index (χ4n) is 1.29. The molecule has 0 aliphatic carbocycles. The number of nitrogens with two attached hydrogens (primary N) is 1. The average Bonchev–Trinajstić information content (AvgIpc) is 2.47. The highest BCUT2D eigenvalue weighted by molar-refractivity contribution is 7.18. The maximum absolute atomic E-state index is 10.9. The Balaban J connectivity index is 2.88. The van der Waals surface area contributed by atoms with Crippen molar-refractivity contribution in [2.45, 2.75) is 0 Å². The number of halogens is 1. The molecule has 14 heavy (non-hydrogen) atoms. The highest BCUT2D eigenvalue weighted by Crippen LogP contribution is 2.34. The molecule has 0 spiro atoms. The fraction of sp³-hybridized carbons (Fsp3) is 0. The third-order valence-electron chi connectivity index (χ3n) is 1.88. The first-order chi connectivity index (χ1) is 6.59. The van der Waals surface area contributed by atoms with Crippen LogP contribution in [0.5, 0.6) is 0 Å². The Bertz CT molecular complexity index is 521. The van der Waals surface area contributed by atoms with Crippen molar-refractivity contribution >= 4 is 44.7 Å². The summed E-state index contributed by atoms with van der Waals surface area (Å²) in [7, 11) is 0. The first kappa shape index (κ1) is 9.30. The van der Waals surface area contributed by atoms with E-state index in [-0.39, 0.29) is 5.56 Å². The molecule has 2 rings (SSSR count). The van der Waals surface area contributed by atoms with Crippen LogP contribution in [0.2, 0.25) is 5.02 Å². The summed E-state index contributed by atoms with van der Waals surface area (Å²) in [5.74, 6) is -0.985. The number of thiophene rings is 1. The van der Waals surface area contributed by atoms with E-state index in [4.69, 9.17) is 22.4 Å². The maximum atomic E-state index is 10.9. The number of nitrogen functional groups attached to an aromatic ring is 1. The summed E-state index contributed by atoms with van der Waals surface area (Å²) in [5, 5.41) is 11.9. The van der Waals surface area contributed by atoms with Crippen LogP contribution in [-0.4, -0.2) is 11.1 Å². The van der Waals surface area contributed by atoms with E-state index in [1.807, 2.05) is 0 Å². The molecule has 72 valence electrons. The highest BCUT2D eigenvalue weighted by Gasteiger charge is 2.13. The summed E-state index contributed by atoms with van der Waals surface area (Å²) in [6.45, 7) is 0. The minimum absolute atomic E-state index is 0.205. The number of fused-ring (bicyclic) bond motifs is 1. The lowest BCUT2D eigenvalue weighted by atomic mass is 10.1. The van der Waals surface area contributed by atoms with Crippen molar-refractivity contribution in [3.8, 4) is 0 Å². The van der Waals surface area contributed by atoms with Gasteiger partial charge in [-0.3, -0.25) is 0 Å². The van der Waals surface area contributed by atoms with Crippen molar-refractivity contribution in [3.63, 3.8) is 0 Å². The Morgan fingerprint density at radius 3 is 2.86 bits per heavy atom. The molecule has 5 heteroatoms. The first-order valence-electron chi connectivity index (χ1n) is 3.79.